The van der Waals surface area contributed by atoms with Crippen LogP contribution in [0.3, 0.4) is 0 Å². The van der Waals surface area contributed by atoms with Crippen LogP contribution in [0.1, 0.15) is 48.9 Å². The minimum absolute atomic E-state index is 0.167. The lowest BCUT2D eigenvalue weighted by atomic mass is 9.87. The lowest BCUT2D eigenvalue weighted by molar-refractivity contribution is 0.116. The molecule has 1 aliphatic rings. The lowest BCUT2D eigenvalue weighted by Crippen LogP contribution is -2.17. The fourth-order valence-corrected chi connectivity index (χ4v) is 2.80. The number of aliphatic hydroxyl groups excluding tert-OH is 1. The molecule has 2 aromatic rings. The van der Waals surface area contributed by atoms with Crippen LogP contribution in [-0.2, 0) is 0 Å². The maximum Gasteiger partial charge on any atom is 0.230 e. The maximum atomic E-state index is 9.54. The Kier molecular flexibility index (Phi) is 3.53. The molecule has 0 atom stereocenters. The summed E-state index contributed by atoms with van der Waals surface area (Å²) in [5.74, 6) is 1.60. The summed E-state index contributed by atoms with van der Waals surface area (Å²) < 4.78 is 5.41. The quantitative estimate of drug-likeness (QED) is 0.910. The number of aliphatic hydroxyl groups is 1. The van der Waals surface area contributed by atoms with Gasteiger partial charge in [0.2, 0.25) is 11.7 Å². The molecular weight excluding hydrogens is 254 g/mol. The molecule has 1 fully saturated rings. The maximum absolute atomic E-state index is 9.54. The third kappa shape index (κ3) is 2.72. The zero-order valence-corrected chi connectivity index (χ0v) is 11.8. The molecule has 1 saturated carbocycles. The molecule has 0 amide bonds. The van der Waals surface area contributed by atoms with Crippen LogP contribution >= 0.6 is 0 Å². The molecule has 5 nitrogen and oxygen atoms in total. The van der Waals surface area contributed by atoms with Gasteiger partial charge in [0.25, 0.3) is 0 Å². The number of hydrogen-bond donors (Lipinski definition) is 1. The van der Waals surface area contributed by atoms with E-state index in [0.717, 1.165) is 42.6 Å². The van der Waals surface area contributed by atoms with Crippen molar-refractivity contribution in [3.8, 4) is 11.4 Å². The third-order valence-electron chi connectivity index (χ3n) is 3.83. The fourth-order valence-electron chi connectivity index (χ4n) is 2.80. The van der Waals surface area contributed by atoms with Crippen molar-refractivity contribution >= 4 is 0 Å². The number of hydrogen-bond acceptors (Lipinski definition) is 5. The second-order valence-corrected chi connectivity index (χ2v) is 5.60. The molecule has 0 radical (unpaired) electrons. The van der Waals surface area contributed by atoms with E-state index in [1.54, 1.807) is 0 Å². The van der Waals surface area contributed by atoms with Crippen molar-refractivity contribution < 1.29 is 9.63 Å². The van der Waals surface area contributed by atoms with Crippen molar-refractivity contribution in [2.24, 2.45) is 0 Å². The van der Waals surface area contributed by atoms with E-state index in [1.807, 2.05) is 26.0 Å². The molecule has 3 rings (SSSR count). The van der Waals surface area contributed by atoms with E-state index in [4.69, 9.17) is 4.52 Å². The molecule has 0 saturated heterocycles. The average Bonchev–Trinajstić information content (AvgIpc) is 2.88. The molecule has 2 aromatic heterocycles. The van der Waals surface area contributed by atoms with Gasteiger partial charge in [-0.15, -0.1) is 0 Å². The Morgan fingerprint density at radius 2 is 1.70 bits per heavy atom. The largest absolute Gasteiger partial charge is 0.393 e. The molecule has 0 spiro atoms. The zero-order chi connectivity index (χ0) is 14.1. The van der Waals surface area contributed by atoms with Crippen molar-refractivity contribution in [1.82, 2.24) is 15.1 Å². The van der Waals surface area contributed by atoms with Gasteiger partial charge in [0.15, 0.2) is 0 Å². The van der Waals surface area contributed by atoms with Gasteiger partial charge in [0, 0.05) is 22.9 Å². The molecule has 0 aromatic carbocycles. The Morgan fingerprint density at radius 3 is 2.35 bits per heavy atom. The van der Waals surface area contributed by atoms with Gasteiger partial charge in [-0.1, -0.05) is 5.16 Å². The SMILES string of the molecule is Cc1cc(-c2noc(C3CCC(O)CC3)n2)cc(C)n1. The predicted octanol–water partition coefficient (Wildman–Crippen LogP) is 2.77. The van der Waals surface area contributed by atoms with E-state index in [2.05, 4.69) is 15.1 Å². The van der Waals surface area contributed by atoms with Gasteiger partial charge in [0.05, 0.1) is 6.10 Å². The van der Waals surface area contributed by atoms with Crippen LogP contribution < -0.4 is 0 Å². The summed E-state index contributed by atoms with van der Waals surface area (Å²) >= 11 is 0. The topological polar surface area (TPSA) is 72.0 Å². The van der Waals surface area contributed by atoms with Crippen LogP contribution in [0.5, 0.6) is 0 Å². The predicted molar refractivity (Wildman–Crippen MR) is 74.2 cm³/mol. The second-order valence-electron chi connectivity index (χ2n) is 5.60. The highest BCUT2D eigenvalue weighted by Crippen LogP contribution is 2.32. The highest BCUT2D eigenvalue weighted by Gasteiger charge is 2.25. The first-order valence-electron chi connectivity index (χ1n) is 7.09. The molecule has 106 valence electrons. The van der Waals surface area contributed by atoms with E-state index >= 15 is 0 Å². The first-order valence-corrected chi connectivity index (χ1v) is 7.09. The van der Waals surface area contributed by atoms with Gasteiger partial charge in [-0.2, -0.15) is 4.98 Å². The second kappa shape index (κ2) is 5.32. The van der Waals surface area contributed by atoms with Gasteiger partial charge >= 0.3 is 0 Å². The van der Waals surface area contributed by atoms with Crippen molar-refractivity contribution in [2.75, 3.05) is 0 Å². The molecule has 0 bridgehead atoms. The Bertz CT molecular complexity index is 581. The van der Waals surface area contributed by atoms with E-state index in [-0.39, 0.29) is 12.0 Å². The van der Waals surface area contributed by atoms with Crippen molar-refractivity contribution in [3.63, 3.8) is 0 Å². The number of rotatable bonds is 2. The minimum Gasteiger partial charge on any atom is -0.393 e. The number of pyridine rings is 1. The van der Waals surface area contributed by atoms with Gasteiger partial charge in [-0.25, -0.2) is 0 Å². The smallest absolute Gasteiger partial charge is 0.230 e. The van der Waals surface area contributed by atoms with Crippen LogP contribution in [0.15, 0.2) is 16.7 Å². The summed E-state index contributed by atoms with van der Waals surface area (Å²) in [6.07, 6.45) is 3.29. The Balaban J connectivity index is 1.83. The average molecular weight is 273 g/mol. The van der Waals surface area contributed by atoms with Crippen molar-refractivity contribution in [2.45, 2.75) is 51.6 Å². The number of aromatic nitrogens is 3. The monoisotopic (exact) mass is 273 g/mol. The first kappa shape index (κ1) is 13.2. The van der Waals surface area contributed by atoms with Crippen LogP contribution in [0.25, 0.3) is 11.4 Å². The molecule has 20 heavy (non-hydrogen) atoms. The Morgan fingerprint density at radius 1 is 1.05 bits per heavy atom. The fraction of sp³-hybridized carbons (Fsp3) is 0.533. The van der Waals surface area contributed by atoms with Crippen LogP contribution in [-0.4, -0.2) is 26.3 Å². The summed E-state index contributed by atoms with van der Waals surface area (Å²) in [6.45, 7) is 3.92. The Labute approximate surface area is 118 Å². The van der Waals surface area contributed by atoms with E-state index in [1.165, 1.54) is 0 Å². The summed E-state index contributed by atoms with van der Waals surface area (Å²) in [5, 5.41) is 13.6. The Hall–Kier alpha value is -1.75. The van der Waals surface area contributed by atoms with Gasteiger partial charge < -0.3 is 9.63 Å². The van der Waals surface area contributed by atoms with Crippen LogP contribution in [0, 0.1) is 13.8 Å². The van der Waals surface area contributed by atoms with E-state index < -0.39 is 0 Å². The molecule has 0 aliphatic heterocycles. The molecule has 1 N–H and O–H groups in total. The molecule has 1 aliphatic carbocycles. The zero-order valence-electron chi connectivity index (χ0n) is 11.8. The van der Waals surface area contributed by atoms with Crippen LogP contribution in [0.2, 0.25) is 0 Å². The molecule has 5 heteroatoms. The summed E-state index contributed by atoms with van der Waals surface area (Å²) in [4.78, 5) is 8.88. The number of aryl methyl sites for hydroxylation is 2. The molecular formula is C15H19N3O2. The number of nitrogens with zero attached hydrogens (tertiary/aromatic N) is 3. The summed E-state index contributed by atoms with van der Waals surface area (Å²) in [5.41, 5.74) is 2.85. The highest BCUT2D eigenvalue weighted by molar-refractivity contribution is 5.55. The first-order chi connectivity index (χ1) is 9.61. The minimum atomic E-state index is -0.167. The van der Waals surface area contributed by atoms with Gasteiger partial charge in [0.1, 0.15) is 0 Å². The highest BCUT2D eigenvalue weighted by atomic mass is 16.5. The van der Waals surface area contributed by atoms with Gasteiger partial charge in [-0.3, -0.25) is 4.98 Å². The van der Waals surface area contributed by atoms with E-state index in [9.17, 15) is 5.11 Å². The third-order valence-corrected chi connectivity index (χ3v) is 3.83. The van der Waals surface area contributed by atoms with Gasteiger partial charge in [-0.05, 0) is 51.7 Å². The summed E-state index contributed by atoms with van der Waals surface area (Å²) in [7, 11) is 0. The normalized spacial score (nSPS) is 22.9. The van der Waals surface area contributed by atoms with E-state index in [0.29, 0.717) is 11.7 Å². The standard InChI is InChI=1S/C15H19N3O2/c1-9-7-12(8-10(2)16-9)14-17-15(20-18-14)11-3-5-13(19)6-4-11/h7-8,11,13,19H,3-6H2,1-2H3. The van der Waals surface area contributed by atoms with Crippen molar-refractivity contribution in [1.29, 1.82) is 0 Å². The lowest BCUT2D eigenvalue weighted by Gasteiger charge is -2.22. The molecule has 0 unspecified atom stereocenters. The van der Waals surface area contributed by atoms with Crippen LogP contribution in [0.4, 0.5) is 0 Å². The molecule has 2 heterocycles. The van der Waals surface area contributed by atoms with Crippen molar-refractivity contribution in [3.05, 3.63) is 29.4 Å². The summed E-state index contributed by atoms with van der Waals surface area (Å²) in [6, 6.07) is 3.93.